The Bertz CT molecular complexity index is 842. The number of carbonyl (C=O) groups is 1. The molecular formula is C16H10F2N2O2. The number of nitrogens with zero attached hydrogens (tertiary/aromatic N) is 2. The average Bonchev–Trinajstić information content (AvgIpc) is 2.94. The van der Waals surface area contributed by atoms with Gasteiger partial charge in [-0.3, -0.25) is 0 Å². The minimum Gasteiger partial charge on any atom is -0.476 e. The van der Waals surface area contributed by atoms with E-state index in [0.29, 0.717) is 11.3 Å². The van der Waals surface area contributed by atoms with E-state index in [-0.39, 0.29) is 11.4 Å². The van der Waals surface area contributed by atoms with Crippen molar-refractivity contribution in [2.45, 2.75) is 0 Å². The average molecular weight is 300 g/mol. The fourth-order valence-electron chi connectivity index (χ4n) is 2.12. The Balaban J connectivity index is 2.23. The molecule has 3 rings (SSSR count). The number of carboxylic acid groups (broad SMARTS) is 1. The van der Waals surface area contributed by atoms with Crippen LogP contribution in [0.25, 0.3) is 16.9 Å². The molecule has 0 saturated carbocycles. The molecule has 0 fully saturated rings. The molecule has 2 aromatic carbocycles. The highest BCUT2D eigenvalue weighted by atomic mass is 19.1. The lowest BCUT2D eigenvalue weighted by atomic mass is 10.1. The highest BCUT2D eigenvalue weighted by Gasteiger charge is 2.17. The standard InChI is InChI=1S/C16H10F2N2O2/c17-11-7-5-10(6-8-11)15-9-13(16(21)22)19-20(15)14-4-2-1-3-12(14)18/h1-9H,(H,21,22). The second-order valence-corrected chi connectivity index (χ2v) is 4.59. The Kier molecular flexibility index (Phi) is 3.42. The van der Waals surface area contributed by atoms with E-state index in [1.54, 1.807) is 6.07 Å². The van der Waals surface area contributed by atoms with Crippen LogP contribution in [0.5, 0.6) is 0 Å². The normalized spacial score (nSPS) is 10.6. The number of carboxylic acids is 1. The van der Waals surface area contributed by atoms with Gasteiger partial charge in [0.25, 0.3) is 0 Å². The number of halogens is 2. The van der Waals surface area contributed by atoms with Gasteiger partial charge < -0.3 is 5.11 Å². The van der Waals surface area contributed by atoms with Gasteiger partial charge in [-0.2, -0.15) is 5.10 Å². The third-order valence-corrected chi connectivity index (χ3v) is 3.15. The third kappa shape index (κ3) is 2.46. The maximum atomic E-state index is 14.0. The number of hydrogen-bond acceptors (Lipinski definition) is 2. The van der Waals surface area contributed by atoms with Crippen LogP contribution in [-0.2, 0) is 0 Å². The molecule has 6 heteroatoms. The van der Waals surface area contributed by atoms with E-state index in [2.05, 4.69) is 5.10 Å². The van der Waals surface area contributed by atoms with Gasteiger partial charge >= 0.3 is 5.97 Å². The first-order chi connectivity index (χ1) is 10.6. The van der Waals surface area contributed by atoms with Crippen LogP contribution in [0, 0.1) is 11.6 Å². The quantitative estimate of drug-likeness (QED) is 0.805. The fourth-order valence-corrected chi connectivity index (χ4v) is 2.12. The molecule has 0 aliphatic heterocycles. The van der Waals surface area contributed by atoms with Crippen molar-refractivity contribution in [2.75, 3.05) is 0 Å². The molecule has 0 spiro atoms. The van der Waals surface area contributed by atoms with Crippen LogP contribution in [0.2, 0.25) is 0 Å². The summed E-state index contributed by atoms with van der Waals surface area (Å²) in [5.41, 5.74) is 0.795. The summed E-state index contributed by atoms with van der Waals surface area (Å²) in [6.07, 6.45) is 0. The van der Waals surface area contributed by atoms with E-state index in [1.165, 1.54) is 53.2 Å². The van der Waals surface area contributed by atoms with Crippen LogP contribution in [-0.4, -0.2) is 20.9 Å². The summed E-state index contributed by atoms with van der Waals surface area (Å²) in [7, 11) is 0. The Morgan fingerprint density at radius 1 is 1.05 bits per heavy atom. The van der Waals surface area contributed by atoms with Crippen LogP contribution in [0.3, 0.4) is 0 Å². The van der Waals surface area contributed by atoms with Crippen molar-refractivity contribution in [3.05, 3.63) is 71.9 Å². The largest absolute Gasteiger partial charge is 0.476 e. The van der Waals surface area contributed by atoms with Crippen LogP contribution >= 0.6 is 0 Å². The first-order valence-corrected chi connectivity index (χ1v) is 6.40. The molecule has 0 aliphatic carbocycles. The predicted molar refractivity (Wildman–Crippen MR) is 75.9 cm³/mol. The molecule has 1 heterocycles. The summed E-state index contributed by atoms with van der Waals surface area (Å²) in [4.78, 5) is 11.1. The molecule has 1 aromatic heterocycles. The summed E-state index contributed by atoms with van der Waals surface area (Å²) < 4.78 is 28.2. The maximum Gasteiger partial charge on any atom is 0.356 e. The summed E-state index contributed by atoms with van der Waals surface area (Å²) in [6.45, 7) is 0. The zero-order valence-electron chi connectivity index (χ0n) is 11.2. The summed E-state index contributed by atoms with van der Waals surface area (Å²) in [5, 5.41) is 13.0. The van der Waals surface area contributed by atoms with Gasteiger partial charge in [-0.15, -0.1) is 0 Å². The molecule has 0 radical (unpaired) electrons. The first kappa shape index (κ1) is 13.9. The number of hydrogen-bond donors (Lipinski definition) is 1. The minimum atomic E-state index is -1.22. The van der Waals surface area contributed by atoms with Crippen molar-refractivity contribution in [3.8, 4) is 16.9 Å². The monoisotopic (exact) mass is 300 g/mol. The van der Waals surface area contributed by atoms with E-state index >= 15 is 0 Å². The van der Waals surface area contributed by atoms with Gasteiger partial charge in [0.1, 0.15) is 17.3 Å². The third-order valence-electron chi connectivity index (χ3n) is 3.15. The molecule has 0 unspecified atom stereocenters. The molecule has 0 bridgehead atoms. The lowest BCUT2D eigenvalue weighted by Gasteiger charge is -2.08. The highest BCUT2D eigenvalue weighted by Crippen LogP contribution is 2.25. The van der Waals surface area contributed by atoms with Crippen LogP contribution < -0.4 is 0 Å². The zero-order chi connectivity index (χ0) is 15.7. The number of aromatic carboxylic acids is 1. The molecule has 0 atom stereocenters. The molecular weight excluding hydrogens is 290 g/mol. The van der Waals surface area contributed by atoms with Crippen LogP contribution in [0.4, 0.5) is 8.78 Å². The Labute approximate surface area is 124 Å². The van der Waals surface area contributed by atoms with Gasteiger partial charge in [-0.05, 0) is 42.5 Å². The number of benzene rings is 2. The molecule has 0 saturated heterocycles. The molecule has 4 nitrogen and oxygen atoms in total. The van der Waals surface area contributed by atoms with Crippen LogP contribution in [0.1, 0.15) is 10.5 Å². The van der Waals surface area contributed by atoms with Crippen LogP contribution in [0.15, 0.2) is 54.6 Å². The van der Waals surface area contributed by atoms with E-state index in [9.17, 15) is 13.6 Å². The van der Waals surface area contributed by atoms with E-state index in [0.717, 1.165) is 0 Å². The Hall–Kier alpha value is -3.02. The van der Waals surface area contributed by atoms with Crippen molar-refractivity contribution in [1.29, 1.82) is 0 Å². The smallest absolute Gasteiger partial charge is 0.356 e. The van der Waals surface area contributed by atoms with Gasteiger partial charge in [0.2, 0.25) is 0 Å². The van der Waals surface area contributed by atoms with Gasteiger partial charge in [-0.25, -0.2) is 18.3 Å². The molecule has 110 valence electrons. The summed E-state index contributed by atoms with van der Waals surface area (Å²) >= 11 is 0. The maximum absolute atomic E-state index is 14.0. The SMILES string of the molecule is O=C(O)c1cc(-c2ccc(F)cc2)n(-c2ccccc2F)n1. The van der Waals surface area contributed by atoms with Gasteiger partial charge in [0, 0.05) is 5.56 Å². The minimum absolute atomic E-state index is 0.120. The Morgan fingerprint density at radius 3 is 2.36 bits per heavy atom. The molecule has 0 amide bonds. The molecule has 0 aliphatic rings. The van der Waals surface area contributed by atoms with Crippen molar-refractivity contribution < 1.29 is 18.7 Å². The summed E-state index contributed by atoms with van der Waals surface area (Å²) in [5.74, 6) is -2.18. The van der Waals surface area contributed by atoms with E-state index < -0.39 is 17.6 Å². The van der Waals surface area contributed by atoms with Crippen molar-refractivity contribution in [2.24, 2.45) is 0 Å². The second-order valence-electron chi connectivity index (χ2n) is 4.59. The van der Waals surface area contributed by atoms with Gasteiger partial charge in [-0.1, -0.05) is 12.1 Å². The number of aromatic nitrogens is 2. The van der Waals surface area contributed by atoms with Crippen molar-refractivity contribution >= 4 is 5.97 Å². The zero-order valence-corrected chi connectivity index (χ0v) is 11.2. The first-order valence-electron chi connectivity index (χ1n) is 6.40. The Morgan fingerprint density at radius 2 is 1.73 bits per heavy atom. The molecule has 1 N–H and O–H groups in total. The van der Waals surface area contributed by atoms with Crippen molar-refractivity contribution in [1.82, 2.24) is 9.78 Å². The number of para-hydroxylation sites is 1. The molecule has 3 aromatic rings. The lowest BCUT2D eigenvalue weighted by molar-refractivity contribution is 0.0690. The van der Waals surface area contributed by atoms with Crippen molar-refractivity contribution in [3.63, 3.8) is 0 Å². The van der Waals surface area contributed by atoms with Gasteiger partial charge in [0.15, 0.2) is 5.69 Å². The van der Waals surface area contributed by atoms with E-state index in [1.807, 2.05) is 0 Å². The van der Waals surface area contributed by atoms with Gasteiger partial charge in [0.05, 0.1) is 5.69 Å². The highest BCUT2D eigenvalue weighted by molar-refractivity contribution is 5.87. The second kappa shape index (κ2) is 5.40. The predicted octanol–water partition coefficient (Wildman–Crippen LogP) is 3.52. The summed E-state index contributed by atoms with van der Waals surface area (Å²) in [6, 6.07) is 12.7. The fraction of sp³-hybridized carbons (Fsp3) is 0. The number of rotatable bonds is 3. The lowest BCUT2D eigenvalue weighted by Crippen LogP contribution is -2.04. The van der Waals surface area contributed by atoms with E-state index in [4.69, 9.17) is 5.11 Å². The topological polar surface area (TPSA) is 55.1 Å². The molecule has 22 heavy (non-hydrogen) atoms.